The van der Waals surface area contributed by atoms with E-state index in [0.717, 1.165) is 5.56 Å². The van der Waals surface area contributed by atoms with Crippen LogP contribution in [0.25, 0.3) is 0 Å². The molecule has 0 aromatic heterocycles. The fourth-order valence-corrected chi connectivity index (χ4v) is 1.76. The first-order valence-corrected chi connectivity index (χ1v) is 5.74. The highest BCUT2D eigenvalue weighted by Gasteiger charge is 2.15. The number of hydrogen-bond acceptors (Lipinski definition) is 4. The summed E-state index contributed by atoms with van der Waals surface area (Å²) in [7, 11) is 4.57. The van der Waals surface area contributed by atoms with Crippen LogP contribution in [0.4, 0.5) is 0 Å². The molecule has 0 bridgehead atoms. The quantitative estimate of drug-likeness (QED) is 0.800. The Hall–Kier alpha value is -2.17. The van der Waals surface area contributed by atoms with Crippen molar-refractivity contribution in [2.24, 2.45) is 0 Å². The van der Waals surface area contributed by atoms with Crippen molar-refractivity contribution in [1.82, 2.24) is 0 Å². The van der Waals surface area contributed by atoms with Crippen molar-refractivity contribution < 1.29 is 24.1 Å². The monoisotopic (exact) mass is 266 g/mol. The molecule has 0 saturated carbocycles. The van der Waals surface area contributed by atoms with Gasteiger partial charge in [0, 0.05) is 12.0 Å². The van der Waals surface area contributed by atoms with Crippen molar-refractivity contribution in [3.63, 3.8) is 0 Å². The van der Waals surface area contributed by atoms with Gasteiger partial charge < -0.3 is 19.3 Å². The van der Waals surface area contributed by atoms with E-state index in [1.54, 1.807) is 25.1 Å². The molecule has 0 aliphatic heterocycles. The third-order valence-electron chi connectivity index (χ3n) is 2.74. The van der Waals surface area contributed by atoms with Crippen LogP contribution in [0.2, 0.25) is 0 Å². The molecule has 0 radical (unpaired) electrons. The van der Waals surface area contributed by atoms with Gasteiger partial charge in [-0.25, -0.2) is 4.79 Å². The normalized spacial score (nSPS) is 11.1. The summed E-state index contributed by atoms with van der Waals surface area (Å²) in [6.07, 6.45) is 1.87. The van der Waals surface area contributed by atoms with Gasteiger partial charge in [-0.2, -0.15) is 0 Å². The number of carbonyl (C=O) groups is 1. The number of methoxy groups -OCH3 is 3. The van der Waals surface area contributed by atoms with Crippen LogP contribution < -0.4 is 14.2 Å². The average molecular weight is 266 g/mol. The summed E-state index contributed by atoms with van der Waals surface area (Å²) < 4.78 is 15.7. The predicted molar refractivity (Wildman–Crippen MR) is 71.2 cm³/mol. The summed E-state index contributed by atoms with van der Waals surface area (Å²) in [5, 5.41) is 9.03. The van der Waals surface area contributed by atoms with E-state index in [2.05, 4.69) is 0 Å². The summed E-state index contributed by atoms with van der Waals surface area (Å²) >= 11 is 0. The maximum atomic E-state index is 11.0. The van der Waals surface area contributed by atoms with Gasteiger partial charge in [0.1, 0.15) is 0 Å². The fourth-order valence-electron chi connectivity index (χ4n) is 1.76. The van der Waals surface area contributed by atoms with Gasteiger partial charge in [-0.3, -0.25) is 0 Å². The lowest BCUT2D eigenvalue weighted by atomic mass is 10.0. The number of ether oxygens (including phenoxy) is 3. The van der Waals surface area contributed by atoms with E-state index in [9.17, 15) is 4.79 Å². The van der Waals surface area contributed by atoms with Crippen LogP contribution in [0, 0.1) is 0 Å². The van der Waals surface area contributed by atoms with Crippen LogP contribution in [0.5, 0.6) is 17.2 Å². The zero-order valence-corrected chi connectivity index (χ0v) is 11.5. The zero-order chi connectivity index (χ0) is 14.4. The van der Waals surface area contributed by atoms with Gasteiger partial charge in [0.2, 0.25) is 5.75 Å². The van der Waals surface area contributed by atoms with E-state index in [-0.39, 0.29) is 0 Å². The van der Waals surface area contributed by atoms with E-state index in [0.29, 0.717) is 29.2 Å². The maximum Gasteiger partial charge on any atom is 0.331 e. The van der Waals surface area contributed by atoms with Crippen molar-refractivity contribution in [3.05, 3.63) is 29.3 Å². The molecule has 0 heterocycles. The summed E-state index contributed by atoms with van der Waals surface area (Å²) in [5.74, 6) is 0.581. The Bertz CT molecular complexity index is 466. The molecule has 1 aromatic carbocycles. The Morgan fingerprint density at radius 3 is 2.00 bits per heavy atom. The lowest BCUT2D eigenvalue weighted by Gasteiger charge is -2.14. The van der Waals surface area contributed by atoms with Crippen LogP contribution in [-0.2, 0) is 11.2 Å². The topological polar surface area (TPSA) is 65.0 Å². The van der Waals surface area contributed by atoms with Crippen LogP contribution in [0.1, 0.15) is 12.5 Å². The van der Waals surface area contributed by atoms with Gasteiger partial charge in [0.15, 0.2) is 11.5 Å². The number of benzene rings is 1. The van der Waals surface area contributed by atoms with Crippen molar-refractivity contribution >= 4 is 5.97 Å². The molecule has 0 fully saturated rings. The van der Waals surface area contributed by atoms with E-state index in [1.165, 1.54) is 21.3 Å². The maximum absolute atomic E-state index is 11.0. The molecule has 104 valence electrons. The van der Waals surface area contributed by atoms with E-state index in [4.69, 9.17) is 19.3 Å². The number of aliphatic carboxylic acids is 1. The van der Waals surface area contributed by atoms with Crippen LogP contribution in [0.15, 0.2) is 23.8 Å². The Balaban J connectivity index is 3.20. The minimum Gasteiger partial charge on any atom is -0.493 e. The summed E-state index contributed by atoms with van der Waals surface area (Å²) in [6, 6.07) is 3.49. The van der Waals surface area contributed by atoms with E-state index in [1.807, 2.05) is 0 Å². The Kier molecular flexibility index (Phi) is 5.23. The molecule has 0 spiro atoms. The summed E-state index contributed by atoms with van der Waals surface area (Å²) in [5.41, 5.74) is 1.10. The molecule has 5 heteroatoms. The molecule has 0 atom stereocenters. The SMILES string of the molecule is CC=C(Cc1cc(OC)c(OC)c(OC)c1)C(=O)O. The Labute approximate surface area is 112 Å². The first-order chi connectivity index (χ1) is 9.07. The second-order valence-electron chi connectivity index (χ2n) is 3.83. The third-order valence-corrected chi connectivity index (χ3v) is 2.74. The second kappa shape index (κ2) is 6.68. The van der Waals surface area contributed by atoms with Crippen molar-refractivity contribution in [2.75, 3.05) is 21.3 Å². The number of carboxylic acids is 1. The van der Waals surface area contributed by atoms with Gasteiger partial charge >= 0.3 is 5.97 Å². The molecule has 0 aliphatic rings. The standard InChI is InChI=1S/C14H18O5/c1-5-10(14(15)16)6-9-7-11(17-2)13(19-4)12(8-9)18-3/h5,7-8H,6H2,1-4H3,(H,15,16). The molecule has 0 aliphatic carbocycles. The molecule has 0 unspecified atom stereocenters. The van der Waals surface area contributed by atoms with Crippen LogP contribution >= 0.6 is 0 Å². The minimum atomic E-state index is -0.934. The highest BCUT2D eigenvalue weighted by atomic mass is 16.5. The molecular formula is C14H18O5. The molecule has 1 rings (SSSR count). The molecule has 5 nitrogen and oxygen atoms in total. The second-order valence-corrected chi connectivity index (χ2v) is 3.83. The molecule has 19 heavy (non-hydrogen) atoms. The highest BCUT2D eigenvalue weighted by molar-refractivity contribution is 5.87. The van der Waals surface area contributed by atoms with Crippen molar-refractivity contribution in [2.45, 2.75) is 13.3 Å². The first-order valence-electron chi connectivity index (χ1n) is 5.74. The van der Waals surface area contributed by atoms with Gasteiger partial charge in [-0.05, 0) is 24.6 Å². The van der Waals surface area contributed by atoms with Gasteiger partial charge in [-0.1, -0.05) is 6.08 Å². The fraction of sp³-hybridized carbons (Fsp3) is 0.357. The summed E-state index contributed by atoms with van der Waals surface area (Å²) in [6.45, 7) is 1.70. The van der Waals surface area contributed by atoms with Crippen molar-refractivity contribution in [1.29, 1.82) is 0 Å². The first kappa shape index (κ1) is 14.9. The number of carboxylic acid groups (broad SMARTS) is 1. The molecule has 0 amide bonds. The van der Waals surface area contributed by atoms with Gasteiger partial charge in [0.25, 0.3) is 0 Å². The third kappa shape index (κ3) is 3.40. The number of allylic oxidation sites excluding steroid dienone is 1. The summed E-state index contributed by atoms with van der Waals surface area (Å²) in [4.78, 5) is 11.0. The number of rotatable bonds is 6. The minimum absolute atomic E-state index is 0.294. The molecule has 0 saturated heterocycles. The van der Waals surface area contributed by atoms with E-state index >= 15 is 0 Å². The Morgan fingerprint density at radius 1 is 1.16 bits per heavy atom. The smallest absolute Gasteiger partial charge is 0.331 e. The number of hydrogen-bond donors (Lipinski definition) is 1. The molecule has 1 aromatic rings. The Morgan fingerprint density at radius 2 is 1.68 bits per heavy atom. The molecule has 1 N–H and O–H groups in total. The van der Waals surface area contributed by atoms with E-state index < -0.39 is 5.97 Å². The largest absolute Gasteiger partial charge is 0.493 e. The van der Waals surface area contributed by atoms with Crippen molar-refractivity contribution in [3.8, 4) is 17.2 Å². The zero-order valence-electron chi connectivity index (χ0n) is 11.5. The lowest BCUT2D eigenvalue weighted by molar-refractivity contribution is -0.132. The lowest BCUT2D eigenvalue weighted by Crippen LogP contribution is -2.04. The van der Waals surface area contributed by atoms with Crippen LogP contribution in [-0.4, -0.2) is 32.4 Å². The van der Waals surface area contributed by atoms with Gasteiger partial charge in [-0.15, -0.1) is 0 Å². The predicted octanol–water partition coefficient (Wildman–Crippen LogP) is 2.29. The average Bonchev–Trinajstić information content (AvgIpc) is 2.42. The highest BCUT2D eigenvalue weighted by Crippen LogP contribution is 2.38. The van der Waals surface area contributed by atoms with Crippen LogP contribution in [0.3, 0.4) is 0 Å². The van der Waals surface area contributed by atoms with Gasteiger partial charge in [0.05, 0.1) is 21.3 Å². The molecular weight excluding hydrogens is 248 g/mol.